The fourth-order valence-corrected chi connectivity index (χ4v) is 3.24. The number of aryl methyl sites for hydroxylation is 1. The summed E-state index contributed by atoms with van der Waals surface area (Å²) in [7, 11) is 4.47. The normalized spacial score (nSPS) is 10.7. The van der Waals surface area contributed by atoms with Crippen molar-refractivity contribution in [2.75, 3.05) is 33.4 Å². The SMILES string of the molecule is CCOc1c(OC)cc(/C=N\Nc2nc(CC)c(C(=O)OC)s2)cc1OC. The van der Waals surface area contributed by atoms with E-state index < -0.39 is 5.97 Å². The molecule has 1 aromatic carbocycles. The number of aromatic nitrogens is 1. The number of nitrogens with one attached hydrogen (secondary N) is 1. The molecule has 2 rings (SSSR count). The number of ether oxygens (including phenoxy) is 4. The zero-order valence-corrected chi connectivity index (χ0v) is 16.8. The molecular formula is C18H23N3O5S. The number of thiazole rings is 1. The van der Waals surface area contributed by atoms with E-state index >= 15 is 0 Å². The second kappa shape index (κ2) is 9.77. The first kappa shape index (κ1) is 20.5. The first-order valence-corrected chi connectivity index (χ1v) is 9.15. The van der Waals surface area contributed by atoms with Gasteiger partial charge in [0.2, 0.25) is 10.9 Å². The van der Waals surface area contributed by atoms with Gasteiger partial charge in [0.1, 0.15) is 4.88 Å². The van der Waals surface area contributed by atoms with Crippen LogP contribution in [0.25, 0.3) is 0 Å². The minimum atomic E-state index is -0.401. The van der Waals surface area contributed by atoms with Crippen LogP contribution in [0.3, 0.4) is 0 Å². The van der Waals surface area contributed by atoms with E-state index in [9.17, 15) is 4.79 Å². The largest absolute Gasteiger partial charge is 0.493 e. The highest BCUT2D eigenvalue weighted by Crippen LogP contribution is 2.38. The Kier molecular flexibility index (Phi) is 7.42. The summed E-state index contributed by atoms with van der Waals surface area (Å²) in [6.07, 6.45) is 2.23. The van der Waals surface area contributed by atoms with Gasteiger partial charge < -0.3 is 18.9 Å². The number of carbonyl (C=O) groups is 1. The molecule has 0 atom stereocenters. The van der Waals surface area contributed by atoms with Crippen molar-refractivity contribution >= 4 is 28.7 Å². The van der Waals surface area contributed by atoms with Crippen molar-refractivity contribution in [1.29, 1.82) is 0 Å². The highest BCUT2D eigenvalue weighted by Gasteiger charge is 2.17. The summed E-state index contributed by atoms with van der Waals surface area (Å²) in [6.45, 7) is 4.31. The van der Waals surface area contributed by atoms with E-state index in [1.807, 2.05) is 13.8 Å². The summed E-state index contributed by atoms with van der Waals surface area (Å²) in [5.74, 6) is 1.24. The van der Waals surface area contributed by atoms with Crippen LogP contribution in [0, 0.1) is 0 Å². The van der Waals surface area contributed by atoms with Crippen molar-refractivity contribution in [1.82, 2.24) is 4.98 Å². The minimum absolute atomic E-state index is 0.401. The highest BCUT2D eigenvalue weighted by atomic mass is 32.1. The summed E-state index contributed by atoms with van der Waals surface area (Å²) in [5, 5.41) is 4.69. The predicted octanol–water partition coefficient (Wildman–Crippen LogP) is 3.35. The molecule has 8 nitrogen and oxygen atoms in total. The Morgan fingerprint density at radius 2 is 1.89 bits per heavy atom. The molecule has 2 aromatic rings. The summed E-state index contributed by atoms with van der Waals surface area (Å²) in [6, 6.07) is 3.58. The molecule has 0 aliphatic carbocycles. The fraction of sp³-hybridized carbons (Fsp3) is 0.389. The maximum absolute atomic E-state index is 11.8. The molecule has 1 N–H and O–H groups in total. The third-order valence-corrected chi connectivity index (χ3v) is 4.53. The van der Waals surface area contributed by atoms with Crippen LogP contribution in [0.4, 0.5) is 5.13 Å². The van der Waals surface area contributed by atoms with Crippen molar-refractivity contribution < 1.29 is 23.7 Å². The second-order valence-electron chi connectivity index (χ2n) is 5.20. The van der Waals surface area contributed by atoms with Gasteiger partial charge in [-0.25, -0.2) is 9.78 Å². The lowest BCUT2D eigenvalue weighted by Gasteiger charge is -2.14. The Bertz CT molecular complexity index is 794. The third-order valence-electron chi connectivity index (χ3n) is 3.55. The van der Waals surface area contributed by atoms with Gasteiger partial charge in [-0.2, -0.15) is 5.10 Å². The Morgan fingerprint density at radius 1 is 1.22 bits per heavy atom. The molecule has 0 unspecified atom stereocenters. The van der Waals surface area contributed by atoms with E-state index in [2.05, 4.69) is 15.5 Å². The Balaban J connectivity index is 2.21. The van der Waals surface area contributed by atoms with Gasteiger partial charge in [-0.1, -0.05) is 18.3 Å². The number of hydrogen-bond acceptors (Lipinski definition) is 9. The van der Waals surface area contributed by atoms with Crippen molar-refractivity contribution in [2.45, 2.75) is 20.3 Å². The van der Waals surface area contributed by atoms with Gasteiger partial charge >= 0.3 is 5.97 Å². The molecule has 0 amide bonds. The highest BCUT2D eigenvalue weighted by molar-refractivity contribution is 7.17. The first-order chi connectivity index (χ1) is 13.1. The molecule has 0 fully saturated rings. The molecule has 0 bridgehead atoms. The monoisotopic (exact) mass is 393 g/mol. The van der Waals surface area contributed by atoms with Crippen LogP contribution in [-0.4, -0.2) is 45.1 Å². The molecule has 1 aromatic heterocycles. The van der Waals surface area contributed by atoms with Crippen molar-refractivity contribution in [3.05, 3.63) is 28.3 Å². The molecule has 9 heteroatoms. The standard InChI is InChI=1S/C18H23N3O5S/c1-6-12-16(17(22)25-5)27-18(20-12)21-19-10-11-8-13(23-3)15(26-7-2)14(9-11)24-4/h8-10H,6-7H2,1-5H3,(H,20,21)/b19-10-. The molecule has 27 heavy (non-hydrogen) atoms. The lowest BCUT2D eigenvalue weighted by Crippen LogP contribution is -2.01. The van der Waals surface area contributed by atoms with Gasteiger partial charge in [0.05, 0.1) is 39.8 Å². The van der Waals surface area contributed by atoms with Crippen molar-refractivity contribution in [3.8, 4) is 17.2 Å². The van der Waals surface area contributed by atoms with Crippen LogP contribution < -0.4 is 19.6 Å². The zero-order chi connectivity index (χ0) is 19.8. The molecule has 0 saturated heterocycles. The number of nitrogens with zero attached hydrogens (tertiary/aromatic N) is 2. The Labute approximate surface area is 162 Å². The second-order valence-corrected chi connectivity index (χ2v) is 6.20. The summed E-state index contributed by atoms with van der Waals surface area (Å²) < 4.78 is 21.1. The van der Waals surface area contributed by atoms with E-state index in [1.54, 1.807) is 32.6 Å². The van der Waals surface area contributed by atoms with Crippen LogP contribution >= 0.6 is 11.3 Å². The maximum atomic E-state index is 11.8. The minimum Gasteiger partial charge on any atom is -0.493 e. The summed E-state index contributed by atoms with van der Waals surface area (Å²) in [5.41, 5.74) is 4.26. The quantitative estimate of drug-likeness (QED) is 0.397. The van der Waals surface area contributed by atoms with E-state index in [0.29, 0.717) is 46.0 Å². The number of benzene rings is 1. The number of esters is 1. The molecular weight excluding hydrogens is 370 g/mol. The average molecular weight is 393 g/mol. The van der Waals surface area contributed by atoms with E-state index in [4.69, 9.17) is 18.9 Å². The number of anilines is 1. The van der Waals surface area contributed by atoms with Gasteiger partial charge in [-0.15, -0.1) is 0 Å². The molecule has 0 spiro atoms. The maximum Gasteiger partial charge on any atom is 0.350 e. The summed E-state index contributed by atoms with van der Waals surface area (Å²) >= 11 is 1.20. The van der Waals surface area contributed by atoms with Crippen LogP contribution in [0.5, 0.6) is 17.2 Å². The van der Waals surface area contributed by atoms with Crippen molar-refractivity contribution in [3.63, 3.8) is 0 Å². The van der Waals surface area contributed by atoms with E-state index in [0.717, 1.165) is 5.56 Å². The molecule has 0 aliphatic rings. The first-order valence-electron chi connectivity index (χ1n) is 8.33. The number of hydrazone groups is 1. The lowest BCUT2D eigenvalue weighted by molar-refractivity contribution is 0.0605. The number of methoxy groups -OCH3 is 3. The molecule has 146 valence electrons. The summed E-state index contributed by atoms with van der Waals surface area (Å²) in [4.78, 5) is 16.6. The van der Waals surface area contributed by atoms with E-state index in [1.165, 1.54) is 18.4 Å². The van der Waals surface area contributed by atoms with Crippen LogP contribution in [0.2, 0.25) is 0 Å². The van der Waals surface area contributed by atoms with Crippen LogP contribution in [-0.2, 0) is 11.2 Å². The van der Waals surface area contributed by atoms with Gasteiger partial charge in [0.15, 0.2) is 11.5 Å². The Hall–Kier alpha value is -2.81. The topological polar surface area (TPSA) is 91.3 Å². The average Bonchev–Trinajstić information content (AvgIpc) is 3.11. The predicted molar refractivity (Wildman–Crippen MR) is 105 cm³/mol. The van der Waals surface area contributed by atoms with Gasteiger partial charge in [-0.3, -0.25) is 5.43 Å². The Morgan fingerprint density at radius 3 is 2.41 bits per heavy atom. The van der Waals surface area contributed by atoms with Crippen LogP contribution in [0.1, 0.15) is 34.8 Å². The lowest BCUT2D eigenvalue weighted by atomic mass is 10.2. The molecule has 0 saturated carbocycles. The zero-order valence-electron chi connectivity index (χ0n) is 16.0. The number of hydrogen-bond donors (Lipinski definition) is 1. The van der Waals surface area contributed by atoms with Crippen molar-refractivity contribution in [2.24, 2.45) is 5.10 Å². The smallest absolute Gasteiger partial charge is 0.350 e. The van der Waals surface area contributed by atoms with Gasteiger partial charge in [0.25, 0.3) is 0 Å². The molecule has 0 radical (unpaired) electrons. The van der Waals surface area contributed by atoms with E-state index in [-0.39, 0.29) is 0 Å². The van der Waals surface area contributed by atoms with Crippen LogP contribution in [0.15, 0.2) is 17.2 Å². The molecule has 0 aliphatic heterocycles. The third kappa shape index (κ3) is 4.88. The number of rotatable bonds is 9. The number of carbonyl (C=O) groups excluding carboxylic acids is 1. The molecule has 1 heterocycles. The van der Waals surface area contributed by atoms with Gasteiger partial charge in [0, 0.05) is 5.56 Å². The van der Waals surface area contributed by atoms with Gasteiger partial charge in [-0.05, 0) is 25.5 Å². The fourth-order valence-electron chi connectivity index (χ4n) is 2.31.